The van der Waals surface area contributed by atoms with E-state index in [-0.39, 0.29) is 16.4 Å². The smallest absolute Gasteiger partial charge is 0.160 e. The third-order valence-corrected chi connectivity index (χ3v) is 0.188. The fraction of sp³-hybridized carbons (Fsp3) is 0.667. The molecule has 0 spiro atoms. The van der Waals surface area contributed by atoms with Gasteiger partial charge in [-0.05, 0) is 6.92 Å². The van der Waals surface area contributed by atoms with Crippen LogP contribution in [0.25, 0.3) is 0 Å². The van der Waals surface area contributed by atoms with Crippen LogP contribution in [0.5, 0.6) is 0 Å². The van der Waals surface area contributed by atoms with Gasteiger partial charge in [0, 0.05) is 0 Å². The molecule has 6 N–H and O–H groups in total. The second-order valence-electron chi connectivity index (χ2n) is 0.836. The van der Waals surface area contributed by atoms with Crippen LogP contribution in [0.1, 0.15) is 6.92 Å². The van der Waals surface area contributed by atoms with E-state index in [0.29, 0.717) is 0 Å². The van der Waals surface area contributed by atoms with E-state index >= 15 is 0 Å². The van der Waals surface area contributed by atoms with E-state index in [2.05, 4.69) is 0 Å². The van der Waals surface area contributed by atoms with E-state index in [4.69, 9.17) is 0 Å². The van der Waals surface area contributed by atoms with Crippen molar-refractivity contribution in [1.82, 2.24) is 0 Å². The molecule has 5 heteroatoms. The van der Waals surface area contributed by atoms with Gasteiger partial charge in [0.1, 0.15) is 6.67 Å². The van der Waals surface area contributed by atoms with Crippen molar-refractivity contribution in [3.8, 4) is 0 Å². The van der Waals surface area contributed by atoms with Crippen molar-refractivity contribution in [2.75, 3.05) is 6.67 Å². The maximum atomic E-state index is 10.8. The first-order chi connectivity index (χ1) is 2.27. The van der Waals surface area contributed by atoms with Crippen LogP contribution in [0, 0.1) is 0 Å². The highest BCUT2D eigenvalue weighted by molar-refractivity contribution is 5.76. The summed E-state index contributed by atoms with van der Waals surface area (Å²) in [5.41, 5.74) is 0. The Morgan fingerprint density at radius 1 is 1.38 bits per heavy atom. The first kappa shape index (κ1) is 25.9. The Kier molecular flexibility index (Phi) is 52.1. The minimum atomic E-state index is -0.833. The summed E-state index contributed by atoms with van der Waals surface area (Å²) in [6, 6.07) is 0. The average Bonchev–Trinajstić information content (AvgIpc) is 1.38. The predicted octanol–water partition coefficient (Wildman–Crippen LogP) is -1.93. The Labute approximate surface area is 46.2 Å². The molecular formula is C3H11FO4. The lowest BCUT2D eigenvalue weighted by molar-refractivity contribution is -0.117. The highest BCUT2D eigenvalue weighted by atomic mass is 19.1. The zero-order valence-electron chi connectivity index (χ0n) is 4.49. The summed E-state index contributed by atoms with van der Waals surface area (Å²) in [4.78, 5) is 9.44. The third-order valence-electron chi connectivity index (χ3n) is 0.188. The number of Topliss-reactive ketones (excluding diaryl/α,β-unsaturated/α-hetero) is 1. The summed E-state index contributed by atoms with van der Waals surface area (Å²) in [6.45, 7) is 0.375. The topological polar surface area (TPSA) is 112 Å². The number of halogens is 1. The Balaban J connectivity index is -0.0000000267. The second-order valence-corrected chi connectivity index (χ2v) is 0.836. The fourth-order valence-corrected chi connectivity index (χ4v) is 0. The van der Waals surface area contributed by atoms with Crippen LogP contribution in [-0.4, -0.2) is 28.9 Å². The molecule has 0 rings (SSSR count). The lowest BCUT2D eigenvalue weighted by Gasteiger charge is -1.68. The molecule has 0 fully saturated rings. The third kappa shape index (κ3) is 50.2. The number of ketones is 1. The molecule has 0 heterocycles. The van der Waals surface area contributed by atoms with Crippen molar-refractivity contribution in [3.63, 3.8) is 0 Å². The van der Waals surface area contributed by atoms with Gasteiger partial charge in [0.25, 0.3) is 0 Å². The second kappa shape index (κ2) is 16.1. The Morgan fingerprint density at radius 2 is 1.50 bits per heavy atom. The van der Waals surface area contributed by atoms with Crippen LogP contribution in [-0.2, 0) is 4.79 Å². The summed E-state index contributed by atoms with van der Waals surface area (Å²) in [6.07, 6.45) is 0. The van der Waals surface area contributed by atoms with E-state index in [1.54, 1.807) is 0 Å². The number of rotatable bonds is 1. The van der Waals surface area contributed by atoms with Crippen molar-refractivity contribution in [3.05, 3.63) is 0 Å². The lowest BCUT2D eigenvalue weighted by atomic mass is 10.5. The van der Waals surface area contributed by atoms with Crippen LogP contribution in [0.4, 0.5) is 4.39 Å². The molecule has 4 nitrogen and oxygen atoms in total. The van der Waals surface area contributed by atoms with Crippen molar-refractivity contribution in [2.24, 2.45) is 0 Å². The molecule has 54 valence electrons. The van der Waals surface area contributed by atoms with Crippen LogP contribution >= 0.6 is 0 Å². The molecule has 0 aromatic carbocycles. The molecule has 0 saturated heterocycles. The van der Waals surface area contributed by atoms with Crippen LogP contribution in [0.15, 0.2) is 0 Å². The van der Waals surface area contributed by atoms with Gasteiger partial charge in [0.15, 0.2) is 5.78 Å². The highest BCUT2D eigenvalue weighted by Gasteiger charge is 1.81. The average molecular weight is 130 g/mol. The standard InChI is InChI=1S/C3H5FO.3H2O/c1-3(5)2-4;;;/h2H2,1H3;3*1H2. The van der Waals surface area contributed by atoms with Crippen molar-refractivity contribution >= 4 is 5.78 Å². The molecule has 0 bridgehead atoms. The minimum absolute atomic E-state index is 0. The molecule has 0 amide bonds. The van der Waals surface area contributed by atoms with Crippen molar-refractivity contribution < 1.29 is 25.6 Å². The summed E-state index contributed by atoms with van der Waals surface area (Å²) < 4.78 is 10.8. The van der Waals surface area contributed by atoms with Gasteiger partial charge in [0.2, 0.25) is 0 Å². The molecule has 0 saturated carbocycles. The number of hydrogen-bond acceptors (Lipinski definition) is 1. The van der Waals surface area contributed by atoms with Gasteiger partial charge in [0.05, 0.1) is 0 Å². The number of alkyl halides is 1. The lowest BCUT2D eigenvalue weighted by Crippen LogP contribution is -1.87. The summed E-state index contributed by atoms with van der Waals surface area (Å²) >= 11 is 0. The zero-order chi connectivity index (χ0) is 4.28. The van der Waals surface area contributed by atoms with Gasteiger partial charge >= 0.3 is 0 Å². The number of carbonyl (C=O) groups excluding carboxylic acids is 1. The Hall–Kier alpha value is -0.520. The molecule has 0 aromatic heterocycles. The maximum absolute atomic E-state index is 10.8. The van der Waals surface area contributed by atoms with Crippen LogP contribution in [0.2, 0.25) is 0 Å². The molecule has 0 aliphatic rings. The molecule has 0 atom stereocenters. The van der Waals surface area contributed by atoms with E-state index < -0.39 is 12.5 Å². The van der Waals surface area contributed by atoms with E-state index in [1.165, 1.54) is 6.92 Å². The van der Waals surface area contributed by atoms with Gasteiger partial charge in [-0.2, -0.15) is 0 Å². The van der Waals surface area contributed by atoms with E-state index in [9.17, 15) is 9.18 Å². The molecule has 0 radical (unpaired) electrons. The summed E-state index contributed by atoms with van der Waals surface area (Å²) in [7, 11) is 0. The zero-order valence-corrected chi connectivity index (χ0v) is 4.49. The first-order valence-electron chi connectivity index (χ1n) is 1.32. The van der Waals surface area contributed by atoms with Crippen LogP contribution in [0.3, 0.4) is 0 Å². The fourth-order valence-electron chi connectivity index (χ4n) is 0. The van der Waals surface area contributed by atoms with E-state index in [0.717, 1.165) is 0 Å². The molecule has 0 aromatic rings. The Bertz CT molecular complexity index is 46.5. The summed E-state index contributed by atoms with van der Waals surface area (Å²) in [5, 5.41) is 0. The molecule has 0 aliphatic heterocycles. The van der Waals surface area contributed by atoms with Gasteiger partial charge in [-0.15, -0.1) is 0 Å². The first-order valence-corrected chi connectivity index (χ1v) is 1.32. The monoisotopic (exact) mass is 130 g/mol. The Morgan fingerprint density at radius 3 is 1.50 bits per heavy atom. The molecule has 8 heavy (non-hydrogen) atoms. The van der Waals surface area contributed by atoms with Gasteiger partial charge in [-0.3, -0.25) is 4.79 Å². The van der Waals surface area contributed by atoms with Gasteiger partial charge in [-0.1, -0.05) is 0 Å². The number of carbonyl (C=O) groups is 1. The summed E-state index contributed by atoms with van der Waals surface area (Å²) in [5.74, 6) is -0.412. The number of hydrogen-bond donors (Lipinski definition) is 0. The molecular weight excluding hydrogens is 119 g/mol. The normalized spacial score (nSPS) is 4.75. The minimum Gasteiger partial charge on any atom is -0.412 e. The largest absolute Gasteiger partial charge is 0.412 e. The maximum Gasteiger partial charge on any atom is 0.160 e. The van der Waals surface area contributed by atoms with Crippen molar-refractivity contribution in [2.45, 2.75) is 6.92 Å². The van der Waals surface area contributed by atoms with E-state index in [1.807, 2.05) is 0 Å². The predicted molar refractivity (Wildman–Crippen MR) is 27.5 cm³/mol. The molecule has 0 unspecified atom stereocenters. The highest BCUT2D eigenvalue weighted by Crippen LogP contribution is 1.64. The molecule has 0 aliphatic carbocycles. The quantitative estimate of drug-likeness (QED) is 0.404. The van der Waals surface area contributed by atoms with Gasteiger partial charge < -0.3 is 16.4 Å². The van der Waals surface area contributed by atoms with Crippen LogP contribution < -0.4 is 0 Å². The van der Waals surface area contributed by atoms with Crippen molar-refractivity contribution in [1.29, 1.82) is 0 Å². The SMILES string of the molecule is CC(=O)CF.O.O.O. The van der Waals surface area contributed by atoms with Gasteiger partial charge in [-0.25, -0.2) is 4.39 Å².